The molecule has 1 rings (SSSR count). The number of hydrogen-bond donors (Lipinski definition) is 1. The molecule has 1 fully saturated rings. The zero-order valence-corrected chi connectivity index (χ0v) is 11.5. The lowest BCUT2D eigenvalue weighted by Gasteiger charge is -2.38. The van der Waals surface area contributed by atoms with E-state index >= 15 is 0 Å². The smallest absolute Gasteiger partial charge is 0.192 e. The van der Waals surface area contributed by atoms with E-state index < -0.39 is 8.32 Å². The third-order valence-electron chi connectivity index (χ3n) is 3.51. The lowest BCUT2D eigenvalue weighted by atomic mass is 10.2. The minimum Gasteiger partial charge on any atom is -0.411 e. The largest absolute Gasteiger partial charge is 0.411 e. The molecule has 0 aliphatic carbocycles. The van der Waals surface area contributed by atoms with Gasteiger partial charge in [0, 0.05) is 6.42 Å². The second-order valence-electron chi connectivity index (χ2n) is 5.87. The van der Waals surface area contributed by atoms with Gasteiger partial charge in [-0.05, 0) is 18.1 Å². The van der Waals surface area contributed by atoms with Crippen LogP contribution in [0.3, 0.4) is 0 Å². The highest BCUT2D eigenvalue weighted by molar-refractivity contribution is 6.74. The summed E-state index contributed by atoms with van der Waals surface area (Å²) >= 11 is 0. The Kier molecular flexibility index (Phi) is 3.98. The van der Waals surface area contributed by atoms with E-state index in [1.807, 2.05) is 0 Å². The first kappa shape index (κ1) is 13.2. The van der Waals surface area contributed by atoms with E-state index in [-0.39, 0.29) is 23.9 Å². The van der Waals surface area contributed by atoms with Crippen molar-refractivity contribution in [2.75, 3.05) is 13.2 Å². The van der Waals surface area contributed by atoms with Gasteiger partial charge in [0.05, 0.1) is 25.4 Å². The third kappa shape index (κ3) is 3.28. The number of aliphatic hydroxyl groups is 1. The van der Waals surface area contributed by atoms with Crippen LogP contribution in [0.2, 0.25) is 18.1 Å². The molecule has 1 unspecified atom stereocenters. The van der Waals surface area contributed by atoms with Crippen LogP contribution < -0.4 is 0 Å². The van der Waals surface area contributed by atoms with Gasteiger partial charge in [-0.3, -0.25) is 0 Å². The molecule has 4 heteroatoms. The van der Waals surface area contributed by atoms with Crippen molar-refractivity contribution in [3.8, 4) is 0 Å². The zero-order chi connectivity index (χ0) is 11.7. The minimum absolute atomic E-state index is 0.0141. The molecule has 15 heavy (non-hydrogen) atoms. The summed E-state index contributed by atoms with van der Waals surface area (Å²) < 4.78 is 11.6. The van der Waals surface area contributed by atoms with Gasteiger partial charge in [0.1, 0.15) is 0 Å². The first-order valence-electron chi connectivity index (χ1n) is 5.66. The fourth-order valence-corrected chi connectivity index (χ4v) is 2.83. The van der Waals surface area contributed by atoms with Crippen molar-refractivity contribution in [3.63, 3.8) is 0 Å². The molecule has 0 aromatic carbocycles. The van der Waals surface area contributed by atoms with E-state index in [4.69, 9.17) is 14.3 Å². The molecule has 2 atom stereocenters. The first-order valence-corrected chi connectivity index (χ1v) is 8.57. The van der Waals surface area contributed by atoms with Gasteiger partial charge in [0.25, 0.3) is 0 Å². The molecule has 0 bridgehead atoms. The van der Waals surface area contributed by atoms with Crippen LogP contribution in [-0.2, 0) is 9.16 Å². The summed E-state index contributed by atoms with van der Waals surface area (Å²) in [5.41, 5.74) is 0. The van der Waals surface area contributed by atoms with Gasteiger partial charge in [-0.1, -0.05) is 20.8 Å². The highest BCUT2D eigenvalue weighted by Crippen LogP contribution is 2.38. The van der Waals surface area contributed by atoms with Crippen LogP contribution in [0.15, 0.2) is 0 Å². The Morgan fingerprint density at radius 2 is 2.00 bits per heavy atom. The minimum atomic E-state index is -1.67. The van der Waals surface area contributed by atoms with Crippen LogP contribution in [0.5, 0.6) is 0 Å². The van der Waals surface area contributed by atoms with Gasteiger partial charge in [-0.25, -0.2) is 0 Å². The fraction of sp³-hybridized carbons (Fsp3) is 1.00. The molecule has 1 heterocycles. The maximum absolute atomic E-state index is 8.97. The van der Waals surface area contributed by atoms with Gasteiger partial charge in [0.2, 0.25) is 0 Å². The van der Waals surface area contributed by atoms with Crippen LogP contribution in [0.25, 0.3) is 0 Å². The first-order chi connectivity index (χ1) is 6.76. The Bertz CT molecular complexity index is 210. The summed E-state index contributed by atoms with van der Waals surface area (Å²) in [6, 6.07) is 0. The van der Waals surface area contributed by atoms with Gasteiger partial charge in [0.15, 0.2) is 8.32 Å². The molecule has 90 valence electrons. The van der Waals surface area contributed by atoms with E-state index in [1.165, 1.54) is 0 Å². The van der Waals surface area contributed by atoms with E-state index in [2.05, 4.69) is 33.9 Å². The van der Waals surface area contributed by atoms with Gasteiger partial charge in [-0.15, -0.1) is 0 Å². The van der Waals surface area contributed by atoms with Crippen molar-refractivity contribution in [2.24, 2.45) is 0 Å². The number of aliphatic hydroxyl groups excluding tert-OH is 1. The molecule has 0 saturated carbocycles. The molecule has 1 aliphatic heterocycles. The maximum atomic E-state index is 8.97. The van der Waals surface area contributed by atoms with Gasteiger partial charge in [-0.2, -0.15) is 0 Å². The van der Waals surface area contributed by atoms with Crippen molar-refractivity contribution in [3.05, 3.63) is 0 Å². The summed E-state index contributed by atoms with van der Waals surface area (Å²) in [6.45, 7) is 11.9. The molecular weight excluding hydrogens is 208 g/mol. The van der Waals surface area contributed by atoms with Gasteiger partial charge < -0.3 is 14.3 Å². The van der Waals surface area contributed by atoms with E-state index in [0.717, 1.165) is 6.42 Å². The monoisotopic (exact) mass is 232 g/mol. The zero-order valence-electron chi connectivity index (χ0n) is 10.5. The second kappa shape index (κ2) is 4.53. The lowest BCUT2D eigenvalue weighted by Crippen LogP contribution is -2.44. The standard InChI is InChI=1S/C11H24O3Si/c1-11(2,3)15(4,5)14-10-6-9(7-12)13-8-10/h9-10,12H,6-8H2,1-5H3/t9-,10?/m1/s1. The molecule has 0 amide bonds. The summed E-state index contributed by atoms with van der Waals surface area (Å²) in [6.07, 6.45) is 1.01. The molecule has 0 spiro atoms. The molecule has 1 N–H and O–H groups in total. The van der Waals surface area contributed by atoms with Crippen molar-refractivity contribution < 1.29 is 14.3 Å². The molecule has 0 radical (unpaired) electrons. The number of hydrogen-bond acceptors (Lipinski definition) is 3. The quantitative estimate of drug-likeness (QED) is 0.758. The van der Waals surface area contributed by atoms with Crippen molar-refractivity contribution in [1.82, 2.24) is 0 Å². The SMILES string of the molecule is CC(C)(C)[Si](C)(C)OC1CO[C@@H](CO)C1. The van der Waals surface area contributed by atoms with Crippen LogP contribution >= 0.6 is 0 Å². The molecule has 3 nitrogen and oxygen atoms in total. The second-order valence-corrected chi connectivity index (χ2v) is 10.6. The molecule has 0 aromatic rings. The van der Waals surface area contributed by atoms with Crippen LogP contribution in [0.1, 0.15) is 27.2 Å². The van der Waals surface area contributed by atoms with Crippen LogP contribution in [-0.4, -0.2) is 38.8 Å². The van der Waals surface area contributed by atoms with Crippen molar-refractivity contribution in [1.29, 1.82) is 0 Å². The summed E-state index contributed by atoms with van der Waals surface area (Å²) in [5, 5.41) is 9.21. The normalized spacial score (nSPS) is 28.4. The highest BCUT2D eigenvalue weighted by atomic mass is 28.4. The van der Waals surface area contributed by atoms with Crippen molar-refractivity contribution >= 4 is 8.32 Å². The van der Waals surface area contributed by atoms with Crippen LogP contribution in [0.4, 0.5) is 0 Å². The predicted octanol–water partition coefficient (Wildman–Crippen LogP) is 2.16. The Labute approximate surface area is 93.9 Å². The molecular formula is C11H24O3Si. The van der Waals surface area contributed by atoms with Gasteiger partial charge >= 0.3 is 0 Å². The topological polar surface area (TPSA) is 38.7 Å². The molecule has 0 aromatic heterocycles. The Balaban J connectivity index is 2.49. The Morgan fingerprint density at radius 1 is 1.40 bits per heavy atom. The third-order valence-corrected chi connectivity index (χ3v) is 8.05. The predicted molar refractivity (Wildman–Crippen MR) is 63.5 cm³/mol. The average molecular weight is 232 g/mol. The Hall–Kier alpha value is 0.0969. The van der Waals surface area contributed by atoms with Crippen molar-refractivity contribution in [2.45, 2.75) is 57.5 Å². The fourth-order valence-electron chi connectivity index (χ4n) is 1.48. The van der Waals surface area contributed by atoms with E-state index in [1.54, 1.807) is 0 Å². The summed E-state index contributed by atoms with van der Waals surface area (Å²) in [7, 11) is -1.67. The Morgan fingerprint density at radius 3 is 2.40 bits per heavy atom. The average Bonchev–Trinajstić information content (AvgIpc) is 2.49. The number of rotatable bonds is 3. The molecule has 1 saturated heterocycles. The maximum Gasteiger partial charge on any atom is 0.192 e. The van der Waals surface area contributed by atoms with E-state index in [9.17, 15) is 0 Å². The summed E-state index contributed by atoms with van der Waals surface area (Å²) in [4.78, 5) is 0. The lowest BCUT2D eigenvalue weighted by molar-refractivity contribution is 0.0524. The summed E-state index contributed by atoms with van der Waals surface area (Å²) in [5.74, 6) is 0. The molecule has 1 aliphatic rings. The van der Waals surface area contributed by atoms with Crippen LogP contribution in [0, 0.1) is 0 Å². The number of ether oxygens (including phenoxy) is 1. The van der Waals surface area contributed by atoms with E-state index in [0.29, 0.717) is 6.61 Å². The highest BCUT2D eigenvalue weighted by Gasteiger charge is 2.40.